The number of nitrogens with zero attached hydrogens (tertiary/aromatic N) is 1. The van der Waals surface area contributed by atoms with Crippen molar-refractivity contribution in [2.75, 3.05) is 33.3 Å². The van der Waals surface area contributed by atoms with Gasteiger partial charge in [0.1, 0.15) is 0 Å². The summed E-state index contributed by atoms with van der Waals surface area (Å²) in [7, 11) is 1.84. The van der Waals surface area contributed by atoms with Gasteiger partial charge in [-0.2, -0.15) is 0 Å². The molecule has 2 rings (SSSR count). The molecule has 0 aliphatic carbocycles. The highest BCUT2D eigenvalue weighted by Gasteiger charge is 2.31. The molecule has 0 radical (unpaired) electrons. The van der Waals surface area contributed by atoms with Crippen LogP contribution in [0.4, 0.5) is 0 Å². The van der Waals surface area contributed by atoms with Crippen LogP contribution in [0.2, 0.25) is 0 Å². The number of rotatable bonds is 2. The first-order valence-corrected chi connectivity index (χ1v) is 5.79. The van der Waals surface area contributed by atoms with Gasteiger partial charge in [-0.1, -0.05) is 6.92 Å². The first-order chi connectivity index (χ1) is 6.81. The van der Waals surface area contributed by atoms with Gasteiger partial charge in [0.2, 0.25) is 0 Å². The normalized spacial score (nSPS) is 40.3. The standard InChI is InChI=1S/C11H22N2O/c1-9-4-6-13(8-11(9)14-2)10-3-5-12-7-10/h9-12H,3-8H2,1-2H3. The van der Waals surface area contributed by atoms with Crippen molar-refractivity contribution in [1.29, 1.82) is 0 Å². The third kappa shape index (κ3) is 2.10. The fraction of sp³-hybridized carbons (Fsp3) is 1.00. The lowest BCUT2D eigenvalue weighted by Crippen LogP contribution is -2.49. The maximum atomic E-state index is 5.53. The second kappa shape index (κ2) is 4.60. The number of hydrogen-bond donors (Lipinski definition) is 1. The van der Waals surface area contributed by atoms with E-state index in [-0.39, 0.29) is 0 Å². The molecule has 0 aromatic heterocycles. The van der Waals surface area contributed by atoms with E-state index in [4.69, 9.17) is 4.74 Å². The zero-order valence-electron chi connectivity index (χ0n) is 9.33. The smallest absolute Gasteiger partial charge is 0.0724 e. The molecule has 0 aromatic rings. The maximum absolute atomic E-state index is 5.53. The van der Waals surface area contributed by atoms with Gasteiger partial charge < -0.3 is 10.1 Å². The van der Waals surface area contributed by atoms with Gasteiger partial charge in [0.05, 0.1) is 6.10 Å². The lowest BCUT2D eigenvalue weighted by atomic mass is 9.94. The van der Waals surface area contributed by atoms with Gasteiger partial charge in [-0.15, -0.1) is 0 Å². The topological polar surface area (TPSA) is 24.5 Å². The first-order valence-electron chi connectivity index (χ1n) is 5.79. The minimum atomic E-state index is 0.448. The van der Waals surface area contributed by atoms with Crippen LogP contribution in [0.25, 0.3) is 0 Å². The van der Waals surface area contributed by atoms with Crippen LogP contribution < -0.4 is 5.32 Å². The Balaban J connectivity index is 1.88. The minimum Gasteiger partial charge on any atom is -0.380 e. The fourth-order valence-corrected chi connectivity index (χ4v) is 2.65. The molecule has 2 fully saturated rings. The van der Waals surface area contributed by atoms with Crippen molar-refractivity contribution in [2.24, 2.45) is 5.92 Å². The van der Waals surface area contributed by atoms with Crippen molar-refractivity contribution < 1.29 is 4.74 Å². The van der Waals surface area contributed by atoms with Crippen LogP contribution in [0.5, 0.6) is 0 Å². The largest absolute Gasteiger partial charge is 0.380 e. The van der Waals surface area contributed by atoms with Crippen LogP contribution in [0.1, 0.15) is 19.8 Å². The molecule has 3 heteroatoms. The van der Waals surface area contributed by atoms with Gasteiger partial charge >= 0.3 is 0 Å². The number of piperidine rings is 1. The van der Waals surface area contributed by atoms with Crippen molar-refractivity contribution in [1.82, 2.24) is 10.2 Å². The van der Waals surface area contributed by atoms with E-state index in [1.54, 1.807) is 0 Å². The molecule has 0 bridgehead atoms. The van der Waals surface area contributed by atoms with E-state index in [0.29, 0.717) is 6.10 Å². The number of hydrogen-bond acceptors (Lipinski definition) is 3. The van der Waals surface area contributed by atoms with Gasteiger partial charge in [0.25, 0.3) is 0 Å². The Morgan fingerprint density at radius 2 is 2.21 bits per heavy atom. The molecule has 2 aliphatic rings. The van der Waals surface area contributed by atoms with Crippen LogP contribution in [0.15, 0.2) is 0 Å². The van der Waals surface area contributed by atoms with Crippen LogP contribution in [0, 0.1) is 5.92 Å². The highest BCUT2D eigenvalue weighted by atomic mass is 16.5. The van der Waals surface area contributed by atoms with Gasteiger partial charge in [0.15, 0.2) is 0 Å². The summed E-state index contributed by atoms with van der Waals surface area (Å²) in [4.78, 5) is 2.61. The highest BCUT2D eigenvalue weighted by molar-refractivity contribution is 4.86. The Hall–Kier alpha value is -0.120. The highest BCUT2D eigenvalue weighted by Crippen LogP contribution is 2.22. The number of nitrogens with one attached hydrogen (secondary N) is 1. The molecule has 2 aliphatic heterocycles. The number of likely N-dealkylation sites (tertiary alicyclic amines) is 1. The third-order valence-corrected chi connectivity index (χ3v) is 3.77. The summed E-state index contributed by atoms with van der Waals surface area (Å²) in [5, 5.41) is 3.43. The molecule has 14 heavy (non-hydrogen) atoms. The van der Waals surface area contributed by atoms with Crippen molar-refractivity contribution in [3.8, 4) is 0 Å². The summed E-state index contributed by atoms with van der Waals surface area (Å²) in [6.45, 7) is 7.05. The monoisotopic (exact) mass is 198 g/mol. The molecule has 0 saturated carbocycles. The molecule has 0 aromatic carbocycles. The molecule has 82 valence electrons. The Morgan fingerprint density at radius 3 is 2.86 bits per heavy atom. The summed E-state index contributed by atoms with van der Waals surface area (Å²) < 4.78 is 5.53. The van der Waals surface area contributed by atoms with Crippen LogP contribution in [0.3, 0.4) is 0 Å². The van der Waals surface area contributed by atoms with Gasteiger partial charge in [-0.25, -0.2) is 0 Å². The summed E-state index contributed by atoms with van der Waals surface area (Å²) in [5.74, 6) is 0.727. The van der Waals surface area contributed by atoms with E-state index < -0.39 is 0 Å². The fourth-order valence-electron chi connectivity index (χ4n) is 2.65. The number of ether oxygens (including phenoxy) is 1. The Labute approximate surface area is 86.8 Å². The predicted molar refractivity (Wildman–Crippen MR) is 57.4 cm³/mol. The summed E-state index contributed by atoms with van der Waals surface area (Å²) >= 11 is 0. The first kappa shape index (κ1) is 10.4. The van der Waals surface area contributed by atoms with E-state index in [9.17, 15) is 0 Å². The summed E-state index contributed by atoms with van der Waals surface area (Å²) in [5.41, 5.74) is 0. The molecular formula is C11H22N2O. The van der Waals surface area contributed by atoms with Crippen molar-refractivity contribution in [3.63, 3.8) is 0 Å². The Kier molecular flexibility index (Phi) is 3.42. The predicted octanol–water partition coefficient (Wildman–Crippen LogP) is 0.705. The third-order valence-electron chi connectivity index (χ3n) is 3.77. The second-order valence-electron chi connectivity index (χ2n) is 4.68. The Morgan fingerprint density at radius 1 is 1.36 bits per heavy atom. The van der Waals surface area contributed by atoms with Crippen molar-refractivity contribution in [2.45, 2.75) is 31.9 Å². The van der Waals surface area contributed by atoms with Crippen LogP contribution in [-0.2, 0) is 4.74 Å². The van der Waals surface area contributed by atoms with Crippen molar-refractivity contribution in [3.05, 3.63) is 0 Å². The lowest BCUT2D eigenvalue weighted by Gasteiger charge is -2.39. The SMILES string of the molecule is COC1CN(C2CCNC2)CCC1C. The zero-order valence-corrected chi connectivity index (χ0v) is 9.33. The molecule has 1 N–H and O–H groups in total. The summed E-state index contributed by atoms with van der Waals surface area (Å²) in [6.07, 6.45) is 3.05. The van der Waals surface area contributed by atoms with E-state index in [0.717, 1.165) is 18.5 Å². The van der Waals surface area contributed by atoms with Crippen LogP contribution in [-0.4, -0.2) is 50.3 Å². The minimum absolute atomic E-state index is 0.448. The maximum Gasteiger partial charge on any atom is 0.0724 e. The van der Waals surface area contributed by atoms with Gasteiger partial charge in [-0.05, 0) is 31.8 Å². The Bertz CT molecular complexity index is 180. The lowest BCUT2D eigenvalue weighted by molar-refractivity contribution is -0.0163. The zero-order chi connectivity index (χ0) is 9.97. The van der Waals surface area contributed by atoms with Crippen molar-refractivity contribution >= 4 is 0 Å². The molecule has 2 heterocycles. The quantitative estimate of drug-likeness (QED) is 0.707. The average molecular weight is 198 g/mol. The molecule has 3 atom stereocenters. The molecule has 2 saturated heterocycles. The van der Waals surface area contributed by atoms with E-state index >= 15 is 0 Å². The van der Waals surface area contributed by atoms with E-state index in [1.165, 1.54) is 32.5 Å². The second-order valence-corrected chi connectivity index (χ2v) is 4.68. The van der Waals surface area contributed by atoms with Gasteiger partial charge in [-0.3, -0.25) is 4.90 Å². The molecule has 3 nitrogen and oxygen atoms in total. The van der Waals surface area contributed by atoms with E-state index in [2.05, 4.69) is 17.1 Å². The van der Waals surface area contributed by atoms with Gasteiger partial charge in [0, 0.05) is 26.2 Å². The van der Waals surface area contributed by atoms with Crippen LogP contribution >= 0.6 is 0 Å². The molecule has 0 amide bonds. The molecule has 3 unspecified atom stereocenters. The average Bonchev–Trinajstić information content (AvgIpc) is 2.71. The number of methoxy groups -OCH3 is 1. The molecule has 0 spiro atoms. The molecular weight excluding hydrogens is 176 g/mol. The van der Waals surface area contributed by atoms with E-state index in [1.807, 2.05) is 7.11 Å². The summed E-state index contributed by atoms with van der Waals surface area (Å²) in [6, 6.07) is 0.764.